The monoisotopic (exact) mass is 269 g/mol. The van der Waals surface area contributed by atoms with E-state index in [9.17, 15) is 14.7 Å². The van der Waals surface area contributed by atoms with E-state index in [-0.39, 0.29) is 23.4 Å². The molecule has 1 aromatic rings. The number of aliphatic hydroxyl groups excluding tert-OH is 2. The van der Waals surface area contributed by atoms with E-state index in [1.54, 1.807) is 0 Å². The first-order chi connectivity index (χ1) is 8.99. The zero-order chi connectivity index (χ0) is 14.4. The van der Waals surface area contributed by atoms with Crippen molar-refractivity contribution in [3.63, 3.8) is 0 Å². The number of ether oxygens (including phenoxy) is 1. The molecule has 1 atom stereocenters. The Morgan fingerprint density at radius 2 is 2.11 bits per heavy atom. The smallest absolute Gasteiger partial charge is 0.337 e. The average molecular weight is 269 g/mol. The van der Waals surface area contributed by atoms with Gasteiger partial charge < -0.3 is 25.4 Å². The van der Waals surface area contributed by atoms with Crippen LogP contribution >= 0.6 is 0 Å². The second-order valence-corrected chi connectivity index (χ2v) is 3.77. The first kappa shape index (κ1) is 14.9. The second-order valence-electron chi connectivity index (χ2n) is 3.77. The quantitative estimate of drug-likeness (QED) is 0.534. The van der Waals surface area contributed by atoms with Gasteiger partial charge in [0.25, 0.3) is 0 Å². The van der Waals surface area contributed by atoms with Gasteiger partial charge in [-0.3, -0.25) is 0 Å². The summed E-state index contributed by atoms with van der Waals surface area (Å²) < 4.78 is 4.50. The Morgan fingerprint density at radius 1 is 1.42 bits per heavy atom. The topological polar surface area (TPSA) is 116 Å². The van der Waals surface area contributed by atoms with Crippen LogP contribution in [0.3, 0.4) is 0 Å². The molecule has 0 aliphatic carbocycles. The lowest BCUT2D eigenvalue weighted by Gasteiger charge is -2.13. The highest BCUT2D eigenvalue weighted by molar-refractivity contribution is 5.98. The molecule has 0 heterocycles. The van der Waals surface area contributed by atoms with Gasteiger partial charge in [0, 0.05) is 12.2 Å². The fourth-order valence-corrected chi connectivity index (χ4v) is 1.41. The lowest BCUT2D eigenvalue weighted by atomic mass is 10.1. The lowest BCUT2D eigenvalue weighted by molar-refractivity contribution is 0.0600. The molecule has 7 heteroatoms. The minimum Gasteiger partial charge on any atom is -0.478 e. The fraction of sp³-hybridized carbons (Fsp3) is 0.333. The number of esters is 1. The van der Waals surface area contributed by atoms with Crippen LogP contribution in [-0.2, 0) is 4.74 Å². The maximum Gasteiger partial charge on any atom is 0.337 e. The van der Waals surface area contributed by atoms with Crippen LogP contribution in [0, 0.1) is 0 Å². The normalized spacial score (nSPS) is 11.7. The van der Waals surface area contributed by atoms with Crippen LogP contribution in [0.4, 0.5) is 5.69 Å². The highest BCUT2D eigenvalue weighted by Gasteiger charge is 2.15. The van der Waals surface area contributed by atoms with Crippen molar-refractivity contribution in [2.24, 2.45) is 0 Å². The molecule has 0 spiro atoms. The number of hydrogen-bond donors (Lipinski definition) is 4. The average Bonchev–Trinajstić information content (AvgIpc) is 2.43. The van der Waals surface area contributed by atoms with E-state index in [1.807, 2.05) is 0 Å². The maximum atomic E-state index is 11.3. The molecular weight excluding hydrogens is 254 g/mol. The van der Waals surface area contributed by atoms with Crippen LogP contribution in [0.25, 0.3) is 0 Å². The van der Waals surface area contributed by atoms with Crippen LogP contribution in [0.2, 0.25) is 0 Å². The summed E-state index contributed by atoms with van der Waals surface area (Å²) in [4.78, 5) is 22.4. The highest BCUT2D eigenvalue weighted by atomic mass is 16.5. The summed E-state index contributed by atoms with van der Waals surface area (Å²) in [5.41, 5.74) is 0.244. The predicted octanol–water partition coefficient (Wildman–Crippen LogP) is -0.0635. The molecule has 0 aliphatic rings. The van der Waals surface area contributed by atoms with E-state index in [4.69, 9.17) is 10.2 Å². The molecular formula is C12H15NO6. The molecule has 0 radical (unpaired) electrons. The molecule has 0 saturated carbocycles. The van der Waals surface area contributed by atoms with Gasteiger partial charge in [-0.2, -0.15) is 0 Å². The van der Waals surface area contributed by atoms with Gasteiger partial charge in [-0.1, -0.05) is 0 Å². The van der Waals surface area contributed by atoms with Crippen molar-refractivity contribution in [2.45, 2.75) is 6.10 Å². The van der Waals surface area contributed by atoms with Crippen LogP contribution in [0.15, 0.2) is 18.2 Å². The van der Waals surface area contributed by atoms with E-state index < -0.39 is 24.6 Å². The minimum absolute atomic E-state index is 0.00560. The van der Waals surface area contributed by atoms with Crippen molar-refractivity contribution < 1.29 is 29.6 Å². The summed E-state index contributed by atoms with van der Waals surface area (Å²) in [6.07, 6.45) is -0.998. The Balaban J connectivity index is 2.98. The SMILES string of the molecule is COC(=O)c1ccc(NCC(O)CO)c(C(=O)O)c1. The van der Waals surface area contributed by atoms with Crippen molar-refractivity contribution >= 4 is 17.6 Å². The summed E-state index contributed by atoms with van der Waals surface area (Å²) in [5, 5.41) is 29.6. The van der Waals surface area contributed by atoms with Gasteiger partial charge in [-0.05, 0) is 18.2 Å². The first-order valence-corrected chi connectivity index (χ1v) is 5.48. The van der Waals surface area contributed by atoms with Gasteiger partial charge in [-0.15, -0.1) is 0 Å². The molecule has 1 rings (SSSR count). The number of rotatable bonds is 6. The van der Waals surface area contributed by atoms with Crippen molar-refractivity contribution in [1.82, 2.24) is 0 Å². The Hall–Kier alpha value is -2.12. The van der Waals surface area contributed by atoms with E-state index in [0.29, 0.717) is 0 Å². The molecule has 0 amide bonds. The minimum atomic E-state index is -1.22. The molecule has 1 unspecified atom stereocenters. The number of aliphatic hydroxyl groups is 2. The van der Waals surface area contributed by atoms with E-state index in [0.717, 1.165) is 0 Å². The fourth-order valence-electron chi connectivity index (χ4n) is 1.41. The van der Waals surface area contributed by atoms with Gasteiger partial charge in [-0.25, -0.2) is 9.59 Å². The van der Waals surface area contributed by atoms with Gasteiger partial charge in [0.1, 0.15) is 0 Å². The number of anilines is 1. The van der Waals surface area contributed by atoms with Crippen molar-refractivity contribution in [3.8, 4) is 0 Å². The van der Waals surface area contributed by atoms with Gasteiger partial charge >= 0.3 is 11.9 Å². The first-order valence-electron chi connectivity index (χ1n) is 5.48. The third-order valence-electron chi connectivity index (χ3n) is 2.41. The lowest BCUT2D eigenvalue weighted by Crippen LogP contribution is -2.24. The van der Waals surface area contributed by atoms with Crippen molar-refractivity contribution in [1.29, 1.82) is 0 Å². The van der Waals surface area contributed by atoms with Crippen LogP contribution in [0.5, 0.6) is 0 Å². The molecule has 104 valence electrons. The van der Waals surface area contributed by atoms with E-state index in [1.165, 1.54) is 25.3 Å². The zero-order valence-electron chi connectivity index (χ0n) is 10.3. The van der Waals surface area contributed by atoms with Gasteiger partial charge in [0.05, 0.1) is 30.9 Å². The second kappa shape index (κ2) is 6.72. The molecule has 1 aromatic carbocycles. The molecule has 4 N–H and O–H groups in total. The van der Waals surface area contributed by atoms with E-state index >= 15 is 0 Å². The summed E-state index contributed by atoms with van der Waals surface area (Å²) in [6.45, 7) is -0.440. The zero-order valence-corrected chi connectivity index (χ0v) is 10.3. The molecule has 0 fully saturated rings. The number of nitrogens with one attached hydrogen (secondary N) is 1. The van der Waals surface area contributed by atoms with Gasteiger partial charge in [0.2, 0.25) is 0 Å². The summed E-state index contributed by atoms with van der Waals surface area (Å²) in [6, 6.07) is 3.99. The van der Waals surface area contributed by atoms with Crippen molar-refractivity contribution in [2.75, 3.05) is 25.6 Å². The molecule has 19 heavy (non-hydrogen) atoms. The largest absolute Gasteiger partial charge is 0.478 e. The molecule has 0 aromatic heterocycles. The van der Waals surface area contributed by atoms with E-state index in [2.05, 4.69) is 10.1 Å². The summed E-state index contributed by atoms with van der Waals surface area (Å²) >= 11 is 0. The number of carbonyl (C=O) groups is 2. The molecule has 0 aliphatic heterocycles. The molecule has 0 bridgehead atoms. The van der Waals surface area contributed by atoms with Crippen molar-refractivity contribution in [3.05, 3.63) is 29.3 Å². The van der Waals surface area contributed by atoms with Crippen LogP contribution < -0.4 is 5.32 Å². The summed E-state index contributed by atoms with van der Waals surface area (Å²) in [5.74, 6) is -1.85. The standard InChI is InChI=1S/C12H15NO6/c1-19-12(18)7-2-3-10(9(4-7)11(16)17)13-5-8(15)6-14/h2-4,8,13-15H,5-6H2,1H3,(H,16,17). The van der Waals surface area contributed by atoms with Gasteiger partial charge in [0.15, 0.2) is 0 Å². The number of aromatic carboxylic acids is 1. The third-order valence-corrected chi connectivity index (χ3v) is 2.41. The Labute approximate surface area is 109 Å². The predicted molar refractivity (Wildman–Crippen MR) is 66.3 cm³/mol. The van der Waals surface area contributed by atoms with Crippen LogP contribution in [0.1, 0.15) is 20.7 Å². The van der Waals surface area contributed by atoms with Crippen LogP contribution in [-0.4, -0.2) is 53.6 Å². The Morgan fingerprint density at radius 3 is 2.63 bits per heavy atom. The molecule has 7 nitrogen and oxygen atoms in total. The third kappa shape index (κ3) is 3.94. The highest BCUT2D eigenvalue weighted by Crippen LogP contribution is 2.18. The number of methoxy groups -OCH3 is 1. The number of carboxylic acids is 1. The number of benzene rings is 1. The number of hydrogen-bond acceptors (Lipinski definition) is 6. The summed E-state index contributed by atoms with van der Waals surface area (Å²) in [7, 11) is 1.20. The Kier molecular flexibility index (Phi) is 5.28. The Bertz CT molecular complexity index is 473. The maximum absolute atomic E-state index is 11.3. The number of carboxylic acid groups (broad SMARTS) is 1. The number of carbonyl (C=O) groups excluding carboxylic acids is 1. The molecule has 0 saturated heterocycles.